The summed E-state index contributed by atoms with van der Waals surface area (Å²) in [6.07, 6.45) is 3.63. The second kappa shape index (κ2) is 5.70. The lowest BCUT2D eigenvalue weighted by Crippen LogP contribution is -1.91. The third-order valence-corrected chi connectivity index (χ3v) is 3.04. The first-order valence-corrected chi connectivity index (χ1v) is 6.42. The minimum Gasteiger partial charge on any atom is -0.438 e. The molecule has 3 nitrogen and oxygen atoms in total. The molecule has 4 heteroatoms. The number of nitrogens with zero attached hydrogens (tertiary/aromatic N) is 1. The molecule has 0 spiro atoms. The van der Waals surface area contributed by atoms with Gasteiger partial charge in [-0.05, 0) is 30.0 Å². The van der Waals surface area contributed by atoms with E-state index in [4.69, 9.17) is 9.84 Å². The molecule has 0 unspecified atom stereocenters. The van der Waals surface area contributed by atoms with Crippen LogP contribution in [0.5, 0.6) is 11.6 Å². The van der Waals surface area contributed by atoms with Crippen LogP contribution in [0.3, 0.4) is 0 Å². The van der Waals surface area contributed by atoms with Gasteiger partial charge in [0.25, 0.3) is 0 Å². The van der Waals surface area contributed by atoms with E-state index in [-0.39, 0.29) is 6.61 Å². The molecular formula is C13H13NO2S. The fraction of sp³-hybridized carbons (Fsp3) is 0.154. The van der Waals surface area contributed by atoms with Gasteiger partial charge in [-0.3, -0.25) is 0 Å². The molecule has 0 saturated heterocycles. The Hall–Kier alpha value is -1.52. The topological polar surface area (TPSA) is 42.4 Å². The summed E-state index contributed by atoms with van der Waals surface area (Å²) >= 11 is 1.62. The van der Waals surface area contributed by atoms with Gasteiger partial charge in [-0.1, -0.05) is 12.1 Å². The van der Waals surface area contributed by atoms with Crippen LogP contribution in [0.1, 0.15) is 5.56 Å². The van der Waals surface area contributed by atoms with Crippen LogP contribution in [0.4, 0.5) is 0 Å². The van der Waals surface area contributed by atoms with Crippen molar-refractivity contribution in [1.29, 1.82) is 0 Å². The maximum atomic E-state index is 9.04. The molecule has 1 aromatic carbocycles. The Labute approximate surface area is 104 Å². The number of hydrogen-bond acceptors (Lipinski definition) is 4. The Balaban J connectivity index is 2.24. The Morgan fingerprint density at radius 3 is 2.88 bits per heavy atom. The van der Waals surface area contributed by atoms with Crippen LogP contribution in [0, 0.1) is 0 Å². The maximum absolute atomic E-state index is 9.04. The fourth-order valence-electron chi connectivity index (χ4n) is 1.42. The van der Waals surface area contributed by atoms with Crippen LogP contribution < -0.4 is 4.74 Å². The van der Waals surface area contributed by atoms with Gasteiger partial charge in [0.05, 0.1) is 6.61 Å². The summed E-state index contributed by atoms with van der Waals surface area (Å²) in [4.78, 5) is 5.17. The van der Waals surface area contributed by atoms with E-state index in [1.165, 1.54) is 0 Å². The van der Waals surface area contributed by atoms with Crippen LogP contribution in [0.2, 0.25) is 0 Å². The fourth-order valence-corrected chi connectivity index (χ4v) is 1.95. The first kappa shape index (κ1) is 12.0. The van der Waals surface area contributed by atoms with Crippen molar-refractivity contribution in [3.63, 3.8) is 0 Å². The largest absolute Gasteiger partial charge is 0.438 e. The van der Waals surface area contributed by atoms with E-state index in [0.29, 0.717) is 5.88 Å². The number of aromatic nitrogens is 1. The molecular weight excluding hydrogens is 234 g/mol. The number of hydrogen-bond donors (Lipinski definition) is 1. The third-order valence-electron chi connectivity index (χ3n) is 2.27. The minimum atomic E-state index is -0.0109. The lowest BCUT2D eigenvalue weighted by atomic mass is 10.3. The lowest BCUT2D eigenvalue weighted by Gasteiger charge is -2.08. The first-order chi connectivity index (χ1) is 8.33. The summed E-state index contributed by atoms with van der Waals surface area (Å²) in [5.41, 5.74) is 0.789. The number of ether oxygens (including phenoxy) is 1. The highest BCUT2D eigenvalue weighted by molar-refractivity contribution is 7.98. The van der Waals surface area contributed by atoms with Crippen LogP contribution >= 0.6 is 11.8 Å². The minimum absolute atomic E-state index is 0.0109. The molecule has 0 aliphatic heterocycles. The van der Waals surface area contributed by atoms with E-state index >= 15 is 0 Å². The van der Waals surface area contributed by atoms with E-state index in [0.717, 1.165) is 16.2 Å². The predicted octanol–water partition coefficient (Wildman–Crippen LogP) is 3.09. The highest BCUT2D eigenvalue weighted by Gasteiger charge is 2.04. The van der Waals surface area contributed by atoms with E-state index in [9.17, 15) is 0 Å². The smallest absolute Gasteiger partial charge is 0.219 e. The summed E-state index contributed by atoms with van der Waals surface area (Å²) in [6.45, 7) is -0.0109. The SMILES string of the molecule is CSc1ccccc1Oc1cc(CO)ccn1. The van der Waals surface area contributed by atoms with Crippen molar-refractivity contribution in [2.75, 3.05) is 6.26 Å². The van der Waals surface area contributed by atoms with E-state index in [1.807, 2.05) is 30.5 Å². The molecule has 2 rings (SSSR count). The normalized spacial score (nSPS) is 10.2. The van der Waals surface area contributed by atoms with Gasteiger partial charge in [-0.2, -0.15) is 0 Å². The number of aliphatic hydroxyl groups excluding tert-OH is 1. The summed E-state index contributed by atoms with van der Waals surface area (Å²) in [5.74, 6) is 1.28. The summed E-state index contributed by atoms with van der Waals surface area (Å²) in [5, 5.41) is 9.04. The number of aliphatic hydroxyl groups is 1. The predicted molar refractivity (Wildman–Crippen MR) is 68.5 cm³/mol. The number of thioether (sulfide) groups is 1. The Bertz CT molecular complexity index is 502. The van der Waals surface area contributed by atoms with Crippen molar-refractivity contribution in [2.45, 2.75) is 11.5 Å². The standard InChI is InChI=1S/C13H13NO2S/c1-17-12-5-3-2-4-11(12)16-13-8-10(9-15)6-7-14-13/h2-8,15H,9H2,1H3. The van der Waals surface area contributed by atoms with Crippen LogP contribution in [0.15, 0.2) is 47.5 Å². The van der Waals surface area contributed by atoms with Crippen LogP contribution in [0.25, 0.3) is 0 Å². The van der Waals surface area contributed by atoms with Crippen molar-refractivity contribution < 1.29 is 9.84 Å². The van der Waals surface area contributed by atoms with Gasteiger partial charge in [0.1, 0.15) is 5.75 Å². The molecule has 1 aromatic heterocycles. The second-order valence-electron chi connectivity index (χ2n) is 3.41. The van der Waals surface area contributed by atoms with Crippen molar-refractivity contribution in [3.8, 4) is 11.6 Å². The number of rotatable bonds is 4. The monoisotopic (exact) mass is 247 g/mol. The second-order valence-corrected chi connectivity index (χ2v) is 4.26. The molecule has 0 aliphatic rings. The average molecular weight is 247 g/mol. The molecule has 0 saturated carbocycles. The van der Waals surface area contributed by atoms with Crippen molar-refractivity contribution in [1.82, 2.24) is 4.98 Å². The van der Waals surface area contributed by atoms with Gasteiger partial charge in [-0.25, -0.2) is 4.98 Å². The van der Waals surface area contributed by atoms with Crippen molar-refractivity contribution in [2.24, 2.45) is 0 Å². The molecule has 1 N–H and O–H groups in total. The summed E-state index contributed by atoms with van der Waals surface area (Å²) < 4.78 is 5.70. The van der Waals surface area contributed by atoms with Gasteiger partial charge in [0, 0.05) is 17.2 Å². The molecule has 0 radical (unpaired) electrons. The van der Waals surface area contributed by atoms with Gasteiger partial charge < -0.3 is 9.84 Å². The molecule has 0 aliphatic carbocycles. The van der Waals surface area contributed by atoms with Crippen molar-refractivity contribution in [3.05, 3.63) is 48.2 Å². The van der Waals surface area contributed by atoms with Gasteiger partial charge in [-0.15, -0.1) is 11.8 Å². The van der Waals surface area contributed by atoms with Gasteiger partial charge in [0.15, 0.2) is 0 Å². The molecule has 0 atom stereocenters. The van der Waals surface area contributed by atoms with E-state index < -0.39 is 0 Å². The zero-order valence-electron chi connectivity index (χ0n) is 9.46. The number of para-hydroxylation sites is 1. The summed E-state index contributed by atoms with van der Waals surface area (Å²) in [6, 6.07) is 11.3. The quantitative estimate of drug-likeness (QED) is 0.843. The zero-order valence-corrected chi connectivity index (χ0v) is 10.3. The van der Waals surface area contributed by atoms with Crippen molar-refractivity contribution >= 4 is 11.8 Å². The van der Waals surface area contributed by atoms with E-state index in [1.54, 1.807) is 30.1 Å². The van der Waals surface area contributed by atoms with Gasteiger partial charge >= 0.3 is 0 Å². The zero-order chi connectivity index (χ0) is 12.1. The highest BCUT2D eigenvalue weighted by Crippen LogP contribution is 2.30. The van der Waals surface area contributed by atoms with Gasteiger partial charge in [0.2, 0.25) is 5.88 Å². The number of pyridine rings is 1. The molecule has 0 fully saturated rings. The van der Waals surface area contributed by atoms with E-state index in [2.05, 4.69) is 4.98 Å². The molecule has 88 valence electrons. The lowest BCUT2D eigenvalue weighted by molar-refractivity contribution is 0.281. The molecule has 2 aromatic rings. The maximum Gasteiger partial charge on any atom is 0.219 e. The molecule has 17 heavy (non-hydrogen) atoms. The summed E-state index contributed by atoms with van der Waals surface area (Å²) in [7, 11) is 0. The Kier molecular flexibility index (Phi) is 4.01. The third kappa shape index (κ3) is 2.99. The van der Waals surface area contributed by atoms with Crippen LogP contribution in [-0.4, -0.2) is 16.3 Å². The Morgan fingerprint density at radius 2 is 2.12 bits per heavy atom. The molecule has 0 amide bonds. The first-order valence-electron chi connectivity index (χ1n) is 5.20. The highest BCUT2D eigenvalue weighted by atomic mass is 32.2. The number of benzene rings is 1. The molecule has 0 bridgehead atoms. The average Bonchev–Trinajstić information content (AvgIpc) is 2.39. The molecule has 1 heterocycles. The Morgan fingerprint density at radius 1 is 1.29 bits per heavy atom. The van der Waals surface area contributed by atoms with Crippen LogP contribution in [-0.2, 0) is 6.61 Å².